The molecule has 1 heterocycles. The van der Waals surface area contributed by atoms with Crippen LogP contribution in [0.1, 0.15) is 16.8 Å². The fraction of sp³-hybridized carbons (Fsp3) is 0.286. The van der Waals surface area contributed by atoms with Gasteiger partial charge in [-0.3, -0.25) is 9.59 Å². The summed E-state index contributed by atoms with van der Waals surface area (Å²) in [4.78, 5) is 38.8. The van der Waals surface area contributed by atoms with Gasteiger partial charge in [-0.2, -0.15) is 0 Å². The van der Waals surface area contributed by atoms with E-state index >= 15 is 0 Å². The molecule has 0 radical (unpaired) electrons. The number of esters is 1. The summed E-state index contributed by atoms with van der Waals surface area (Å²) in [5.41, 5.74) is 1.16. The maximum atomic E-state index is 12.8. The molecule has 2 aromatic rings. The summed E-state index contributed by atoms with van der Waals surface area (Å²) in [5.74, 6) is -0.623. The Kier molecular flexibility index (Phi) is 6.01. The van der Waals surface area contributed by atoms with Crippen LogP contribution in [0.2, 0.25) is 0 Å². The van der Waals surface area contributed by atoms with E-state index in [1.54, 1.807) is 42.5 Å². The van der Waals surface area contributed by atoms with Gasteiger partial charge in [0.1, 0.15) is 11.5 Å². The highest BCUT2D eigenvalue weighted by molar-refractivity contribution is 6.07. The first-order valence-corrected chi connectivity index (χ1v) is 8.99. The van der Waals surface area contributed by atoms with Gasteiger partial charge in [0.05, 0.1) is 44.2 Å². The quantitative estimate of drug-likeness (QED) is 0.752. The van der Waals surface area contributed by atoms with Gasteiger partial charge in [-0.1, -0.05) is 12.1 Å². The second-order valence-corrected chi connectivity index (χ2v) is 6.47. The zero-order valence-electron chi connectivity index (χ0n) is 16.4. The van der Waals surface area contributed by atoms with Crippen molar-refractivity contribution in [1.82, 2.24) is 0 Å². The van der Waals surface area contributed by atoms with E-state index in [2.05, 4.69) is 5.32 Å². The average molecular weight is 398 g/mol. The van der Waals surface area contributed by atoms with Crippen molar-refractivity contribution in [2.75, 3.05) is 38.1 Å². The van der Waals surface area contributed by atoms with Gasteiger partial charge in [-0.25, -0.2) is 4.79 Å². The number of rotatable bonds is 6. The molecule has 1 fully saturated rings. The molecule has 8 nitrogen and oxygen atoms in total. The smallest absolute Gasteiger partial charge is 0.339 e. The molecule has 1 N–H and O–H groups in total. The Balaban J connectivity index is 1.79. The summed E-state index contributed by atoms with van der Waals surface area (Å²) in [6.45, 7) is 0.158. The van der Waals surface area contributed by atoms with E-state index < -0.39 is 11.9 Å². The summed E-state index contributed by atoms with van der Waals surface area (Å²) in [7, 11) is 4.31. The second-order valence-electron chi connectivity index (χ2n) is 6.47. The van der Waals surface area contributed by atoms with Crippen LogP contribution in [-0.2, 0) is 14.3 Å². The summed E-state index contributed by atoms with van der Waals surface area (Å²) >= 11 is 0. The lowest BCUT2D eigenvalue weighted by Gasteiger charge is -2.19. The molecule has 1 saturated heterocycles. The van der Waals surface area contributed by atoms with Crippen molar-refractivity contribution < 1.29 is 28.6 Å². The summed E-state index contributed by atoms with van der Waals surface area (Å²) in [6.07, 6.45) is 0.0353. The Morgan fingerprint density at radius 3 is 2.52 bits per heavy atom. The number of anilines is 2. The summed E-state index contributed by atoms with van der Waals surface area (Å²) < 4.78 is 15.3. The normalized spacial score (nSPS) is 15.8. The lowest BCUT2D eigenvalue weighted by atomic mass is 10.1. The topological polar surface area (TPSA) is 94.2 Å². The fourth-order valence-electron chi connectivity index (χ4n) is 3.25. The Morgan fingerprint density at radius 2 is 1.83 bits per heavy atom. The molecule has 0 aromatic heterocycles. The number of carbonyl (C=O) groups is 3. The average Bonchev–Trinajstić information content (AvgIpc) is 3.14. The van der Waals surface area contributed by atoms with Crippen LogP contribution in [0.4, 0.5) is 11.4 Å². The minimum absolute atomic E-state index is 0.0353. The molecule has 0 aliphatic carbocycles. The number of hydrogen-bond donors (Lipinski definition) is 1. The molecule has 152 valence electrons. The van der Waals surface area contributed by atoms with Gasteiger partial charge in [-0.15, -0.1) is 0 Å². The summed E-state index contributed by atoms with van der Waals surface area (Å²) in [5, 5.41) is 2.80. The van der Waals surface area contributed by atoms with Crippen LogP contribution >= 0.6 is 0 Å². The second kappa shape index (κ2) is 8.64. The van der Waals surface area contributed by atoms with Gasteiger partial charge in [0.15, 0.2) is 0 Å². The van der Waals surface area contributed by atoms with Crippen molar-refractivity contribution in [2.24, 2.45) is 5.92 Å². The third kappa shape index (κ3) is 4.16. The van der Waals surface area contributed by atoms with Crippen molar-refractivity contribution in [1.29, 1.82) is 0 Å². The molecule has 1 unspecified atom stereocenters. The molecule has 3 rings (SSSR count). The number of benzene rings is 2. The Bertz CT molecular complexity index is 943. The van der Waals surface area contributed by atoms with E-state index in [9.17, 15) is 14.4 Å². The number of hydrogen-bond acceptors (Lipinski definition) is 6. The molecular weight excluding hydrogens is 376 g/mol. The molecule has 8 heteroatoms. The van der Waals surface area contributed by atoms with Crippen LogP contribution in [0.25, 0.3) is 0 Å². The van der Waals surface area contributed by atoms with Gasteiger partial charge in [-0.05, 0) is 24.3 Å². The highest BCUT2D eigenvalue weighted by Crippen LogP contribution is 2.32. The van der Waals surface area contributed by atoms with E-state index in [0.717, 1.165) is 0 Å². The van der Waals surface area contributed by atoms with Gasteiger partial charge in [0, 0.05) is 19.0 Å². The van der Waals surface area contributed by atoms with Crippen LogP contribution in [0.15, 0.2) is 42.5 Å². The monoisotopic (exact) mass is 398 g/mol. The lowest BCUT2D eigenvalue weighted by molar-refractivity contribution is -0.122. The summed E-state index contributed by atoms with van der Waals surface area (Å²) in [6, 6.07) is 11.7. The first kappa shape index (κ1) is 20.2. The SMILES string of the molecule is COC(=O)c1ccccc1N1CC(C(=O)Nc2cc(OC)ccc2OC)CC1=O. The zero-order chi connectivity index (χ0) is 21.0. The van der Waals surface area contributed by atoms with Gasteiger partial charge < -0.3 is 24.4 Å². The predicted molar refractivity (Wildman–Crippen MR) is 106 cm³/mol. The van der Waals surface area contributed by atoms with Gasteiger partial charge >= 0.3 is 5.97 Å². The maximum Gasteiger partial charge on any atom is 0.339 e. The molecule has 2 amide bonds. The zero-order valence-corrected chi connectivity index (χ0v) is 16.4. The van der Waals surface area contributed by atoms with E-state index in [4.69, 9.17) is 14.2 Å². The standard InChI is InChI=1S/C21H22N2O6/c1-27-14-8-9-18(28-2)16(11-14)22-20(25)13-10-19(24)23(12-13)17-7-5-4-6-15(17)21(26)29-3/h4-9,11,13H,10,12H2,1-3H3,(H,22,25). The number of para-hydroxylation sites is 1. The molecule has 1 atom stereocenters. The highest BCUT2D eigenvalue weighted by atomic mass is 16.5. The number of carbonyl (C=O) groups excluding carboxylic acids is 3. The molecule has 2 aromatic carbocycles. The van der Waals surface area contributed by atoms with Crippen molar-refractivity contribution >= 4 is 29.2 Å². The number of methoxy groups -OCH3 is 3. The largest absolute Gasteiger partial charge is 0.497 e. The lowest BCUT2D eigenvalue weighted by Crippen LogP contribution is -2.29. The minimum Gasteiger partial charge on any atom is -0.497 e. The minimum atomic E-state index is -0.580. The van der Waals surface area contributed by atoms with Crippen LogP contribution < -0.4 is 19.7 Å². The van der Waals surface area contributed by atoms with Crippen LogP contribution in [-0.4, -0.2) is 45.7 Å². The fourth-order valence-corrected chi connectivity index (χ4v) is 3.25. The Hall–Kier alpha value is -3.55. The van der Waals surface area contributed by atoms with Gasteiger partial charge in [0.2, 0.25) is 11.8 Å². The molecule has 0 saturated carbocycles. The van der Waals surface area contributed by atoms with E-state index in [1.807, 2.05) is 0 Å². The highest BCUT2D eigenvalue weighted by Gasteiger charge is 2.37. The first-order chi connectivity index (χ1) is 14.0. The van der Waals surface area contributed by atoms with E-state index in [1.165, 1.54) is 26.2 Å². The maximum absolute atomic E-state index is 12.8. The third-order valence-corrected chi connectivity index (χ3v) is 4.76. The number of ether oxygens (including phenoxy) is 3. The van der Waals surface area contributed by atoms with Crippen molar-refractivity contribution in [3.63, 3.8) is 0 Å². The first-order valence-electron chi connectivity index (χ1n) is 8.99. The van der Waals surface area contributed by atoms with Crippen LogP contribution in [0, 0.1) is 5.92 Å². The van der Waals surface area contributed by atoms with E-state index in [-0.39, 0.29) is 30.3 Å². The third-order valence-electron chi connectivity index (χ3n) is 4.76. The molecule has 0 spiro atoms. The predicted octanol–water partition coefficient (Wildman–Crippen LogP) is 2.48. The van der Waals surface area contributed by atoms with Crippen molar-refractivity contribution in [2.45, 2.75) is 6.42 Å². The van der Waals surface area contributed by atoms with E-state index in [0.29, 0.717) is 22.9 Å². The molecule has 0 bridgehead atoms. The van der Waals surface area contributed by atoms with Crippen LogP contribution in [0.3, 0.4) is 0 Å². The molecule has 1 aliphatic heterocycles. The Labute approximate surface area is 168 Å². The molecule has 29 heavy (non-hydrogen) atoms. The number of nitrogens with zero attached hydrogens (tertiary/aromatic N) is 1. The molecular formula is C21H22N2O6. The van der Waals surface area contributed by atoms with Crippen LogP contribution in [0.5, 0.6) is 11.5 Å². The number of amides is 2. The number of nitrogens with one attached hydrogen (secondary N) is 1. The van der Waals surface area contributed by atoms with Gasteiger partial charge in [0.25, 0.3) is 0 Å². The van der Waals surface area contributed by atoms with Crippen molar-refractivity contribution in [3.8, 4) is 11.5 Å². The van der Waals surface area contributed by atoms with Crippen molar-refractivity contribution in [3.05, 3.63) is 48.0 Å². The Morgan fingerprint density at radius 1 is 1.07 bits per heavy atom. The molecule has 1 aliphatic rings.